The highest BCUT2D eigenvalue weighted by Gasteiger charge is 2.24. The van der Waals surface area contributed by atoms with Crippen molar-refractivity contribution < 1.29 is 18.6 Å². The maximum Gasteiger partial charge on any atom is 0.208 e. The molecule has 1 aliphatic heterocycles. The number of rotatable bonds is 5. The standard InChI is InChI=1S/C18H19FN2O3/c1-22-13-7-8-14(17(9-13)23-2)16-10-18(21-20-16)24-11-12-5-3-4-6-15(12)19/h3-9,16,20H,10-11H2,1-2H3. The monoisotopic (exact) mass is 330 g/mol. The third-order valence-electron chi connectivity index (χ3n) is 3.89. The minimum Gasteiger partial charge on any atom is -0.497 e. The van der Waals surface area contributed by atoms with Crippen LogP contribution in [0.4, 0.5) is 4.39 Å². The summed E-state index contributed by atoms with van der Waals surface area (Å²) in [5, 5.41) is 4.19. The van der Waals surface area contributed by atoms with Crippen LogP contribution in [0.1, 0.15) is 23.6 Å². The third-order valence-corrected chi connectivity index (χ3v) is 3.89. The van der Waals surface area contributed by atoms with E-state index in [1.54, 1.807) is 32.4 Å². The van der Waals surface area contributed by atoms with Crippen LogP contribution in [0.15, 0.2) is 47.6 Å². The van der Waals surface area contributed by atoms with Gasteiger partial charge in [-0.3, -0.25) is 5.43 Å². The Bertz CT molecular complexity index is 749. The van der Waals surface area contributed by atoms with Crippen LogP contribution >= 0.6 is 0 Å². The van der Waals surface area contributed by atoms with E-state index in [4.69, 9.17) is 14.2 Å². The fraction of sp³-hybridized carbons (Fsp3) is 0.278. The summed E-state index contributed by atoms with van der Waals surface area (Å²) in [5.41, 5.74) is 4.50. The number of nitrogens with one attached hydrogen (secondary N) is 1. The smallest absolute Gasteiger partial charge is 0.208 e. The summed E-state index contributed by atoms with van der Waals surface area (Å²) in [5.74, 6) is 1.71. The molecule has 1 N–H and O–H groups in total. The van der Waals surface area contributed by atoms with Crippen LogP contribution in [0, 0.1) is 5.82 Å². The van der Waals surface area contributed by atoms with Gasteiger partial charge in [0.25, 0.3) is 0 Å². The second-order valence-electron chi connectivity index (χ2n) is 5.38. The second kappa shape index (κ2) is 7.21. The molecule has 0 fully saturated rings. The van der Waals surface area contributed by atoms with Gasteiger partial charge in [-0.15, -0.1) is 5.10 Å². The van der Waals surface area contributed by atoms with E-state index in [-0.39, 0.29) is 18.5 Å². The highest BCUT2D eigenvalue weighted by atomic mass is 19.1. The lowest BCUT2D eigenvalue weighted by Crippen LogP contribution is -2.11. The Kier molecular flexibility index (Phi) is 4.84. The molecule has 5 nitrogen and oxygen atoms in total. The quantitative estimate of drug-likeness (QED) is 0.913. The Hall–Kier alpha value is -2.76. The molecule has 0 aliphatic carbocycles. The zero-order chi connectivity index (χ0) is 16.9. The number of hydrogen-bond acceptors (Lipinski definition) is 5. The lowest BCUT2D eigenvalue weighted by atomic mass is 10.0. The van der Waals surface area contributed by atoms with Crippen LogP contribution in [0.3, 0.4) is 0 Å². The first-order chi connectivity index (χ1) is 11.7. The molecule has 0 radical (unpaired) electrons. The van der Waals surface area contributed by atoms with Crippen LogP contribution < -0.4 is 14.9 Å². The van der Waals surface area contributed by atoms with Gasteiger partial charge < -0.3 is 14.2 Å². The molecule has 2 aromatic rings. The number of benzene rings is 2. The number of halogens is 1. The molecule has 0 amide bonds. The first-order valence-electron chi connectivity index (χ1n) is 7.61. The summed E-state index contributed by atoms with van der Waals surface area (Å²) in [4.78, 5) is 0. The Labute approximate surface area is 140 Å². The normalized spacial score (nSPS) is 16.3. The summed E-state index contributed by atoms with van der Waals surface area (Å²) in [7, 11) is 3.23. The van der Waals surface area contributed by atoms with Gasteiger partial charge >= 0.3 is 0 Å². The molecular weight excluding hydrogens is 311 g/mol. The molecule has 2 aromatic carbocycles. The van der Waals surface area contributed by atoms with Crippen molar-refractivity contribution in [1.82, 2.24) is 5.43 Å². The van der Waals surface area contributed by atoms with Crippen LogP contribution in [0.2, 0.25) is 0 Å². The van der Waals surface area contributed by atoms with Crippen LogP contribution in [0.5, 0.6) is 11.5 Å². The predicted octanol–water partition coefficient (Wildman–Crippen LogP) is 3.41. The third kappa shape index (κ3) is 3.42. The van der Waals surface area contributed by atoms with E-state index in [0.717, 1.165) is 17.1 Å². The van der Waals surface area contributed by atoms with Crippen molar-refractivity contribution in [1.29, 1.82) is 0 Å². The molecule has 1 heterocycles. The Morgan fingerprint density at radius 3 is 2.75 bits per heavy atom. The van der Waals surface area contributed by atoms with E-state index in [1.165, 1.54) is 6.07 Å². The van der Waals surface area contributed by atoms with Crippen LogP contribution in [0.25, 0.3) is 0 Å². The van der Waals surface area contributed by atoms with Crippen molar-refractivity contribution in [3.8, 4) is 11.5 Å². The fourth-order valence-corrected chi connectivity index (χ4v) is 2.57. The van der Waals surface area contributed by atoms with E-state index in [1.807, 2.05) is 18.2 Å². The van der Waals surface area contributed by atoms with Crippen molar-refractivity contribution in [3.05, 3.63) is 59.4 Å². The molecule has 0 aromatic heterocycles. The Morgan fingerprint density at radius 1 is 1.17 bits per heavy atom. The van der Waals surface area contributed by atoms with Crippen LogP contribution in [-0.2, 0) is 11.3 Å². The lowest BCUT2D eigenvalue weighted by Gasteiger charge is -2.15. The van der Waals surface area contributed by atoms with Crippen molar-refractivity contribution in [2.24, 2.45) is 5.10 Å². The number of hydrazone groups is 1. The number of hydrogen-bond donors (Lipinski definition) is 1. The summed E-state index contributed by atoms with van der Waals surface area (Å²) in [6.07, 6.45) is 0.567. The first-order valence-corrected chi connectivity index (χ1v) is 7.61. The number of methoxy groups -OCH3 is 2. The number of nitrogens with zero attached hydrogens (tertiary/aromatic N) is 1. The summed E-state index contributed by atoms with van der Waals surface area (Å²) in [6.45, 7) is 0.152. The molecule has 3 rings (SSSR count). The van der Waals surface area contributed by atoms with E-state index in [9.17, 15) is 4.39 Å². The van der Waals surface area contributed by atoms with Gasteiger partial charge in [0.2, 0.25) is 5.90 Å². The Balaban J connectivity index is 1.64. The average Bonchev–Trinajstić information content (AvgIpc) is 3.09. The van der Waals surface area contributed by atoms with Gasteiger partial charge in [-0.25, -0.2) is 4.39 Å². The van der Waals surface area contributed by atoms with Gasteiger partial charge in [0.15, 0.2) is 0 Å². The van der Waals surface area contributed by atoms with Crippen molar-refractivity contribution in [2.75, 3.05) is 14.2 Å². The topological polar surface area (TPSA) is 52.1 Å². The fourth-order valence-electron chi connectivity index (χ4n) is 2.57. The second-order valence-corrected chi connectivity index (χ2v) is 5.38. The van der Waals surface area contributed by atoms with E-state index >= 15 is 0 Å². The van der Waals surface area contributed by atoms with Crippen LogP contribution in [-0.4, -0.2) is 20.1 Å². The molecule has 24 heavy (non-hydrogen) atoms. The highest BCUT2D eigenvalue weighted by Crippen LogP contribution is 2.33. The van der Waals surface area contributed by atoms with Crippen molar-refractivity contribution >= 4 is 5.90 Å². The van der Waals surface area contributed by atoms with E-state index in [2.05, 4.69) is 10.5 Å². The summed E-state index contributed by atoms with van der Waals surface area (Å²) in [6, 6.07) is 12.1. The van der Waals surface area contributed by atoms with Crippen molar-refractivity contribution in [2.45, 2.75) is 19.1 Å². The predicted molar refractivity (Wildman–Crippen MR) is 88.7 cm³/mol. The molecule has 0 saturated heterocycles. The maximum atomic E-state index is 13.6. The average molecular weight is 330 g/mol. The minimum absolute atomic E-state index is 0.0542. The molecule has 1 aliphatic rings. The first kappa shape index (κ1) is 16.1. The molecule has 0 saturated carbocycles. The zero-order valence-electron chi connectivity index (χ0n) is 13.6. The van der Waals surface area contributed by atoms with Crippen molar-refractivity contribution in [3.63, 3.8) is 0 Å². The summed E-state index contributed by atoms with van der Waals surface area (Å²) >= 11 is 0. The molecular formula is C18H19FN2O3. The van der Waals surface area contributed by atoms with E-state index < -0.39 is 0 Å². The summed E-state index contributed by atoms with van der Waals surface area (Å²) < 4.78 is 29.9. The lowest BCUT2D eigenvalue weighted by molar-refractivity contribution is 0.280. The molecule has 6 heteroatoms. The highest BCUT2D eigenvalue weighted by molar-refractivity contribution is 5.78. The molecule has 126 valence electrons. The number of ether oxygens (including phenoxy) is 3. The van der Waals surface area contributed by atoms with Gasteiger partial charge in [-0.1, -0.05) is 18.2 Å². The SMILES string of the molecule is COc1ccc(C2CC(OCc3ccccc3F)=NN2)c(OC)c1. The maximum absolute atomic E-state index is 13.6. The molecule has 1 atom stereocenters. The molecule has 1 unspecified atom stereocenters. The zero-order valence-corrected chi connectivity index (χ0v) is 13.6. The van der Waals surface area contributed by atoms with Gasteiger partial charge in [-0.05, 0) is 18.2 Å². The van der Waals surface area contributed by atoms with Gasteiger partial charge in [-0.2, -0.15) is 0 Å². The minimum atomic E-state index is -0.280. The van der Waals surface area contributed by atoms with Gasteiger partial charge in [0.1, 0.15) is 23.9 Å². The molecule has 0 bridgehead atoms. The largest absolute Gasteiger partial charge is 0.497 e. The van der Waals surface area contributed by atoms with E-state index in [0.29, 0.717) is 17.9 Å². The van der Waals surface area contributed by atoms with Gasteiger partial charge in [0.05, 0.1) is 26.7 Å². The Morgan fingerprint density at radius 2 is 2.00 bits per heavy atom. The van der Waals surface area contributed by atoms with Gasteiger partial charge in [0, 0.05) is 17.2 Å². The molecule has 0 spiro atoms.